The van der Waals surface area contributed by atoms with Crippen LogP contribution in [0.1, 0.15) is 23.5 Å². The van der Waals surface area contributed by atoms with E-state index in [1.165, 1.54) is 22.0 Å². The molecule has 1 aliphatic carbocycles. The third-order valence-corrected chi connectivity index (χ3v) is 5.84. The van der Waals surface area contributed by atoms with Gasteiger partial charge in [0.05, 0.1) is 11.9 Å². The molecule has 3 N–H and O–H groups in total. The summed E-state index contributed by atoms with van der Waals surface area (Å²) in [6, 6.07) is 11.1. The lowest BCUT2D eigenvalue weighted by Gasteiger charge is -2.45. The molecular weight excluding hydrogens is 312 g/mol. The minimum atomic E-state index is 0.0605. The summed E-state index contributed by atoms with van der Waals surface area (Å²) < 4.78 is 0. The Balaban J connectivity index is 1.47. The molecule has 3 aromatic rings. The fourth-order valence-corrected chi connectivity index (χ4v) is 4.75. The molecule has 0 radical (unpaired) electrons. The molecule has 5 rings (SSSR count). The Morgan fingerprint density at radius 1 is 1.28 bits per heavy atom. The number of nitrogens with one attached hydrogen (secondary N) is 2. The highest BCUT2D eigenvalue weighted by molar-refractivity contribution is 5.88. The summed E-state index contributed by atoms with van der Waals surface area (Å²) in [6.07, 6.45) is 6.11. The Kier molecular flexibility index (Phi) is 3.25. The number of likely N-dealkylation sites (tertiary alicyclic amines) is 1. The van der Waals surface area contributed by atoms with Crippen LogP contribution in [-0.4, -0.2) is 45.7 Å². The monoisotopic (exact) mass is 334 g/mol. The SMILES string of the molecule is CN1C[C@H](Nc2ccc(O)nc2)CC2c3cccc4[nH]cc(c34)C[C@H]21. The Labute approximate surface area is 146 Å². The number of hydrogen-bond donors (Lipinski definition) is 3. The highest BCUT2D eigenvalue weighted by Crippen LogP contribution is 2.43. The normalized spacial score (nSPS) is 25.7. The van der Waals surface area contributed by atoms with Crippen LogP contribution in [0.4, 0.5) is 5.69 Å². The van der Waals surface area contributed by atoms with Crippen molar-refractivity contribution < 1.29 is 5.11 Å². The molecule has 1 aromatic carbocycles. The molecule has 5 nitrogen and oxygen atoms in total. The highest BCUT2D eigenvalue weighted by atomic mass is 16.3. The van der Waals surface area contributed by atoms with Gasteiger partial charge in [-0.1, -0.05) is 12.1 Å². The second-order valence-corrected chi connectivity index (χ2v) is 7.38. The van der Waals surface area contributed by atoms with Gasteiger partial charge in [0.25, 0.3) is 0 Å². The minimum absolute atomic E-state index is 0.0605. The van der Waals surface area contributed by atoms with Crippen molar-refractivity contribution >= 4 is 16.6 Å². The number of piperidine rings is 1. The number of likely N-dealkylation sites (N-methyl/N-ethyl adjacent to an activating group) is 1. The summed E-state index contributed by atoms with van der Waals surface area (Å²) in [6.45, 7) is 1.01. The molecule has 1 fully saturated rings. The van der Waals surface area contributed by atoms with Gasteiger partial charge in [0.2, 0.25) is 5.88 Å². The number of aromatic amines is 1. The molecule has 1 unspecified atom stereocenters. The van der Waals surface area contributed by atoms with Crippen LogP contribution in [0.2, 0.25) is 0 Å². The van der Waals surface area contributed by atoms with E-state index in [-0.39, 0.29) is 5.88 Å². The molecule has 25 heavy (non-hydrogen) atoms. The maximum Gasteiger partial charge on any atom is 0.210 e. The van der Waals surface area contributed by atoms with Crippen molar-refractivity contribution in [2.75, 3.05) is 18.9 Å². The standard InChI is InChI=1S/C20H22N4O/c1-24-11-14(23-13-5-6-19(25)22-10-13)8-16-15-3-2-4-17-20(15)12(9-21-17)7-18(16)24/h2-6,9-10,14,16,18,21,23H,7-8,11H2,1H3,(H,22,25)/t14-,16?,18-/m1/s1. The Hall–Kier alpha value is -2.53. The minimum Gasteiger partial charge on any atom is -0.493 e. The smallest absolute Gasteiger partial charge is 0.210 e. The summed E-state index contributed by atoms with van der Waals surface area (Å²) >= 11 is 0. The number of rotatable bonds is 2. The van der Waals surface area contributed by atoms with Gasteiger partial charge >= 0.3 is 0 Å². The maximum atomic E-state index is 9.37. The first-order valence-corrected chi connectivity index (χ1v) is 8.90. The average molecular weight is 334 g/mol. The molecule has 3 heterocycles. The van der Waals surface area contributed by atoms with Crippen molar-refractivity contribution in [2.24, 2.45) is 0 Å². The van der Waals surface area contributed by atoms with Crippen molar-refractivity contribution in [3.63, 3.8) is 0 Å². The zero-order valence-corrected chi connectivity index (χ0v) is 14.2. The van der Waals surface area contributed by atoms with Crippen LogP contribution in [-0.2, 0) is 6.42 Å². The van der Waals surface area contributed by atoms with Gasteiger partial charge in [-0.2, -0.15) is 0 Å². The van der Waals surface area contributed by atoms with Crippen molar-refractivity contribution in [3.05, 3.63) is 53.9 Å². The number of fused-ring (bicyclic) bond motifs is 2. The van der Waals surface area contributed by atoms with E-state index in [4.69, 9.17) is 0 Å². The number of benzene rings is 1. The Morgan fingerprint density at radius 3 is 3.04 bits per heavy atom. The van der Waals surface area contributed by atoms with Crippen LogP contribution < -0.4 is 5.32 Å². The second kappa shape index (κ2) is 5.49. The van der Waals surface area contributed by atoms with Gasteiger partial charge in [0.15, 0.2) is 0 Å². The number of pyridine rings is 1. The van der Waals surface area contributed by atoms with Crippen molar-refractivity contribution in [1.82, 2.24) is 14.9 Å². The summed E-state index contributed by atoms with van der Waals surface area (Å²) in [5, 5.41) is 14.4. The van der Waals surface area contributed by atoms with Gasteiger partial charge in [0.1, 0.15) is 0 Å². The van der Waals surface area contributed by atoms with Gasteiger partial charge < -0.3 is 20.3 Å². The third kappa shape index (κ3) is 2.38. The molecule has 0 spiro atoms. The molecule has 0 bridgehead atoms. The number of H-pyrrole nitrogens is 1. The average Bonchev–Trinajstić information content (AvgIpc) is 3.03. The summed E-state index contributed by atoms with van der Waals surface area (Å²) in [5.41, 5.74) is 5.15. The van der Waals surface area contributed by atoms with E-state index in [2.05, 4.69) is 51.6 Å². The van der Waals surface area contributed by atoms with E-state index >= 15 is 0 Å². The van der Waals surface area contributed by atoms with Gasteiger partial charge in [-0.25, -0.2) is 4.98 Å². The topological polar surface area (TPSA) is 64.2 Å². The first-order chi connectivity index (χ1) is 12.2. The molecule has 0 saturated carbocycles. The lowest BCUT2D eigenvalue weighted by Crippen LogP contribution is -2.51. The molecule has 2 aliphatic rings. The lowest BCUT2D eigenvalue weighted by molar-refractivity contribution is 0.147. The molecular formula is C20H22N4O. The van der Waals surface area contributed by atoms with Crippen LogP contribution in [0.3, 0.4) is 0 Å². The molecule has 1 aliphatic heterocycles. The van der Waals surface area contributed by atoms with E-state index in [1.54, 1.807) is 12.3 Å². The Morgan fingerprint density at radius 2 is 2.20 bits per heavy atom. The number of nitrogens with zero attached hydrogens (tertiary/aromatic N) is 2. The van der Waals surface area contributed by atoms with E-state index < -0.39 is 0 Å². The quantitative estimate of drug-likeness (QED) is 0.674. The van der Waals surface area contributed by atoms with E-state index in [9.17, 15) is 5.11 Å². The zero-order chi connectivity index (χ0) is 17.0. The molecule has 0 amide bonds. The van der Waals surface area contributed by atoms with Crippen LogP contribution in [0.15, 0.2) is 42.7 Å². The van der Waals surface area contributed by atoms with E-state index in [1.807, 2.05) is 6.07 Å². The maximum absolute atomic E-state index is 9.37. The fraction of sp³-hybridized carbons (Fsp3) is 0.350. The molecule has 1 saturated heterocycles. The van der Waals surface area contributed by atoms with Crippen LogP contribution in [0.25, 0.3) is 10.9 Å². The summed E-state index contributed by atoms with van der Waals surface area (Å²) in [7, 11) is 2.23. The number of aromatic nitrogens is 2. The lowest BCUT2D eigenvalue weighted by atomic mass is 9.74. The number of aromatic hydroxyl groups is 1. The summed E-state index contributed by atoms with van der Waals surface area (Å²) in [5.74, 6) is 0.596. The zero-order valence-electron chi connectivity index (χ0n) is 14.2. The van der Waals surface area contributed by atoms with Gasteiger partial charge in [0, 0.05) is 47.7 Å². The van der Waals surface area contributed by atoms with E-state index in [0.717, 1.165) is 25.1 Å². The van der Waals surface area contributed by atoms with Crippen LogP contribution >= 0.6 is 0 Å². The highest BCUT2D eigenvalue weighted by Gasteiger charge is 2.39. The molecule has 128 valence electrons. The van der Waals surface area contributed by atoms with Crippen LogP contribution in [0, 0.1) is 0 Å². The first kappa shape index (κ1) is 14.8. The van der Waals surface area contributed by atoms with Gasteiger partial charge in [-0.3, -0.25) is 0 Å². The van der Waals surface area contributed by atoms with Crippen molar-refractivity contribution in [1.29, 1.82) is 0 Å². The van der Waals surface area contributed by atoms with Gasteiger partial charge in [-0.15, -0.1) is 0 Å². The predicted molar refractivity (Wildman–Crippen MR) is 99.1 cm³/mol. The number of anilines is 1. The predicted octanol–water partition coefficient (Wildman–Crippen LogP) is 3.09. The Bertz CT molecular complexity index is 917. The van der Waals surface area contributed by atoms with Gasteiger partial charge in [-0.05, 0) is 43.1 Å². The van der Waals surface area contributed by atoms with E-state index in [0.29, 0.717) is 18.0 Å². The number of hydrogen-bond acceptors (Lipinski definition) is 4. The fourth-order valence-electron chi connectivity index (χ4n) is 4.75. The first-order valence-electron chi connectivity index (χ1n) is 8.90. The largest absolute Gasteiger partial charge is 0.493 e. The molecule has 5 heteroatoms. The molecule has 3 atom stereocenters. The van der Waals surface area contributed by atoms with Crippen molar-refractivity contribution in [3.8, 4) is 5.88 Å². The summed E-state index contributed by atoms with van der Waals surface area (Å²) in [4.78, 5) is 9.90. The second-order valence-electron chi connectivity index (χ2n) is 7.38. The molecule has 2 aromatic heterocycles. The van der Waals surface area contributed by atoms with Crippen LogP contribution in [0.5, 0.6) is 5.88 Å². The third-order valence-electron chi connectivity index (χ3n) is 5.84. The van der Waals surface area contributed by atoms with Crippen molar-refractivity contribution in [2.45, 2.75) is 30.8 Å².